The lowest BCUT2D eigenvalue weighted by Crippen LogP contribution is -2.56. The second-order valence-corrected chi connectivity index (χ2v) is 10.6. The van der Waals surface area contributed by atoms with Crippen LogP contribution in [-0.4, -0.2) is 68.2 Å². The first kappa shape index (κ1) is 27.3. The number of benzene rings is 2. The van der Waals surface area contributed by atoms with Crippen LogP contribution in [0.5, 0.6) is 5.75 Å². The third kappa shape index (κ3) is 5.89. The highest BCUT2D eigenvalue weighted by Gasteiger charge is 2.39. The molecule has 13 nitrogen and oxygen atoms in total. The first-order valence-corrected chi connectivity index (χ1v) is 13.3. The monoisotopic (exact) mass is 545 g/mol. The third-order valence-electron chi connectivity index (χ3n) is 6.34. The van der Waals surface area contributed by atoms with E-state index in [1.165, 1.54) is 24.3 Å². The molecule has 0 radical (unpaired) electrons. The van der Waals surface area contributed by atoms with E-state index < -0.39 is 50.5 Å². The molecule has 4 rings (SSSR count). The van der Waals surface area contributed by atoms with E-state index in [9.17, 15) is 43.7 Å². The fourth-order valence-electron chi connectivity index (χ4n) is 4.37. The summed E-state index contributed by atoms with van der Waals surface area (Å²) in [5.41, 5.74) is 0.455. The lowest BCUT2D eigenvalue weighted by atomic mass is 9.72. The Morgan fingerprint density at radius 3 is 2.45 bits per heavy atom. The lowest BCUT2D eigenvalue weighted by molar-refractivity contribution is -0.130. The number of aromatic carboxylic acids is 1. The number of rotatable bonds is 6. The number of amides is 4. The van der Waals surface area contributed by atoms with Crippen LogP contribution in [-0.2, 0) is 20.6 Å². The van der Waals surface area contributed by atoms with Crippen molar-refractivity contribution in [2.75, 3.05) is 6.54 Å². The number of carbonyl (C=O) groups is 4. The number of likely N-dealkylation sites (tertiary alicyclic amines) is 1. The summed E-state index contributed by atoms with van der Waals surface area (Å²) in [6.45, 7) is 0.175. The van der Waals surface area contributed by atoms with Gasteiger partial charge >= 0.3 is 26.7 Å². The van der Waals surface area contributed by atoms with Crippen molar-refractivity contribution < 1.29 is 48.3 Å². The normalized spacial score (nSPS) is 18.2. The molecule has 0 bridgehead atoms. The second-order valence-electron chi connectivity index (χ2n) is 8.95. The molecule has 15 heteroatoms. The molecule has 6 N–H and O–H groups in total. The van der Waals surface area contributed by atoms with Gasteiger partial charge in [0.1, 0.15) is 11.8 Å². The maximum atomic E-state index is 13.4. The standard InChI is InChI=1S/C23H25BN3O10P/c28-18-6-1-2-11-27(18)23(32)26-19(13-7-9-15(10-8-13)38(34,35)36)21(29)25-17-12-14-4-3-5-16(22(30)31)20(14)37-24(17)33/h3-5,7-10,17,19,33H,1-2,6,11-12H2,(H,25,29)(H,26,32)(H,30,31)(H2,34,35,36)/t17-,19+/m0/s1. The summed E-state index contributed by atoms with van der Waals surface area (Å²) in [4.78, 5) is 69.8. The molecule has 2 aromatic carbocycles. The predicted octanol–water partition coefficient (Wildman–Crippen LogP) is 0.0906. The van der Waals surface area contributed by atoms with Crippen molar-refractivity contribution in [1.29, 1.82) is 0 Å². The van der Waals surface area contributed by atoms with Gasteiger partial charge in [-0.15, -0.1) is 0 Å². The summed E-state index contributed by atoms with van der Waals surface area (Å²) in [5, 5.41) is 24.7. The molecule has 2 aliphatic heterocycles. The molecule has 0 unspecified atom stereocenters. The first-order valence-electron chi connectivity index (χ1n) is 11.7. The molecule has 1 fully saturated rings. The van der Waals surface area contributed by atoms with Crippen LogP contribution in [0, 0.1) is 0 Å². The average Bonchev–Trinajstić information content (AvgIpc) is 2.87. The van der Waals surface area contributed by atoms with E-state index >= 15 is 0 Å². The van der Waals surface area contributed by atoms with Crippen LogP contribution in [0.15, 0.2) is 42.5 Å². The van der Waals surface area contributed by atoms with Crippen molar-refractivity contribution in [3.05, 3.63) is 59.2 Å². The van der Waals surface area contributed by atoms with Crippen molar-refractivity contribution in [3.63, 3.8) is 0 Å². The second kappa shape index (κ2) is 11.0. The number of piperidine rings is 1. The zero-order chi connectivity index (χ0) is 27.6. The highest BCUT2D eigenvalue weighted by molar-refractivity contribution is 7.60. The van der Waals surface area contributed by atoms with Crippen LogP contribution in [0.1, 0.15) is 46.8 Å². The number of carboxylic acids is 1. The first-order chi connectivity index (χ1) is 18.0. The number of hydrogen-bond donors (Lipinski definition) is 6. The third-order valence-corrected chi connectivity index (χ3v) is 7.31. The van der Waals surface area contributed by atoms with Crippen LogP contribution in [0.3, 0.4) is 0 Å². The smallest absolute Gasteiger partial charge is 0.534 e. The molecule has 2 heterocycles. The number of fused-ring (bicyclic) bond motifs is 1. The molecule has 2 aromatic rings. The SMILES string of the molecule is O=C(O)c1cccc2c1OB(O)[C@@H](NC(=O)[C@H](NC(=O)N1CCCCC1=O)c1ccc(P(=O)(O)O)cc1)C2. The fraction of sp³-hybridized carbons (Fsp3) is 0.304. The van der Waals surface area contributed by atoms with Gasteiger partial charge in [-0.25, -0.2) is 9.59 Å². The van der Waals surface area contributed by atoms with Gasteiger partial charge in [-0.05, 0) is 48.6 Å². The molecule has 2 aliphatic rings. The highest BCUT2D eigenvalue weighted by atomic mass is 31.2. The van der Waals surface area contributed by atoms with E-state index in [1.54, 1.807) is 6.07 Å². The molecule has 2 atom stereocenters. The van der Waals surface area contributed by atoms with E-state index in [4.69, 9.17) is 4.65 Å². The summed E-state index contributed by atoms with van der Waals surface area (Å²) in [5.74, 6) is -3.47. The Morgan fingerprint density at radius 2 is 1.82 bits per heavy atom. The van der Waals surface area contributed by atoms with Gasteiger partial charge in [0.2, 0.25) is 11.8 Å². The van der Waals surface area contributed by atoms with E-state index in [0.29, 0.717) is 18.4 Å². The predicted molar refractivity (Wildman–Crippen MR) is 133 cm³/mol. The Balaban J connectivity index is 1.58. The van der Waals surface area contributed by atoms with Gasteiger partial charge in [0.15, 0.2) is 0 Å². The molecule has 38 heavy (non-hydrogen) atoms. The molecule has 0 aromatic heterocycles. The van der Waals surface area contributed by atoms with Gasteiger partial charge in [-0.3, -0.25) is 19.1 Å². The minimum Gasteiger partial charge on any atom is -0.534 e. The van der Waals surface area contributed by atoms with Crippen LogP contribution in [0.25, 0.3) is 0 Å². The molecule has 0 saturated carbocycles. The molecule has 0 spiro atoms. The van der Waals surface area contributed by atoms with Gasteiger partial charge in [0, 0.05) is 13.0 Å². The number of nitrogens with one attached hydrogen (secondary N) is 2. The van der Waals surface area contributed by atoms with Crippen LogP contribution < -0.4 is 20.6 Å². The average molecular weight is 545 g/mol. The Labute approximate surface area is 217 Å². The summed E-state index contributed by atoms with van der Waals surface area (Å²) >= 11 is 0. The minimum atomic E-state index is -4.56. The zero-order valence-electron chi connectivity index (χ0n) is 19.9. The number of para-hydroxylation sites is 1. The Kier molecular flexibility index (Phi) is 7.88. The summed E-state index contributed by atoms with van der Waals surface area (Å²) < 4.78 is 17.0. The largest absolute Gasteiger partial charge is 0.547 e. The molecular formula is C23H25BN3O10P. The topological polar surface area (TPSA) is 203 Å². The summed E-state index contributed by atoms with van der Waals surface area (Å²) in [6, 6.07) is 6.97. The lowest BCUT2D eigenvalue weighted by Gasteiger charge is -2.31. The molecule has 200 valence electrons. The van der Waals surface area contributed by atoms with Gasteiger partial charge < -0.3 is 35.2 Å². The minimum absolute atomic E-state index is 0.0144. The van der Waals surface area contributed by atoms with E-state index in [2.05, 4.69) is 10.6 Å². The van der Waals surface area contributed by atoms with Crippen LogP contribution in [0.2, 0.25) is 0 Å². The zero-order valence-corrected chi connectivity index (χ0v) is 20.8. The molecular weight excluding hydrogens is 520 g/mol. The van der Waals surface area contributed by atoms with Crippen molar-refractivity contribution in [2.45, 2.75) is 37.7 Å². The number of nitrogens with zero attached hydrogens (tertiary/aromatic N) is 1. The van der Waals surface area contributed by atoms with E-state index in [-0.39, 0.29) is 41.6 Å². The summed E-state index contributed by atoms with van der Waals surface area (Å²) in [6.07, 6.45) is 1.45. The molecule has 4 amide bonds. The van der Waals surface area contributed by atoms with Crippen molar-refractivity contribution >= 4 is 43.8 Å². The fourth-order valence-corrected chi connectivity index (χ4v) is 4.90. The van der Waals surface area contributed by atoms with Crippen molar-refractivity contribution in [3.8, 4) is 5.75 Å². The van der Waals surface area contributed by atoms with Gasteiger partial charge in [-0.1, -0.05) is 24.3 Å². The molecule has 1 saturated heterocycles. The maximum absolute atomic E-state index is 13.4. The number of carboxylic acid groups (broad SMARTS) is 1. The Hall–Kier alpha value is -3.71. The van der Waals surface area contributed by atoms with E-state index in [0.717, 1.165) is 17.0 Å². The maximum Gasteiger partial charge on any atom is 0.547 e. The Morgan fingerprint density at radius 1 is 1.11 bits per heavy atom. The highest BCUT2D eigenvalue weighted by Crippen LogP contribution is 2.33. The van der Waals surface area contributed by atoms with Gasteiger partial charge in [-0.2, -0.15) is 0 Å². The van der Waals surface area contributed by atoms with Crippen molar-refractivity contribution in [1.82, 2.24) is 15.5 Å². The number of carbonyl (C=O) groups excluding carboxylic acids is 3. The van der Waals surface area contributed by atoms with E-state index in [1.807, 2.05) is 0 Å². The Bertz CT molecular complexity index is 1320. The summed E-state index contributed by atoms with van der Waals surface area (Å²) in [7, 11) is -6.17. The number of urea groups is 1. The molecule has 0 aliphatic carbocycles. The van der Waals surface area contributed by atoms with Crippen LogP contribution in [0.4, 0.5) is 4.79 Å². The van der Waals surface area contributed by atoms with Crippen LogP contribution >= 0.6 is 7.60 Å². The van der Waals surface area contributed by atoms with Gasteiger partial charge in [0.05, 0.1) is 16.8 Å². The van der Waals surface area contributed by atoms with Crippen molar-refractivity contribution in [2.24, 2.45) is 0 Å². The quantitative estimate of drug-likeness (QED) is 0.213. The van der Waals surface area contributed by atoms with Gasteiger partial charge in [0.25, 0.3) is 0 Å². The number of imide groups is 1. The number of hydrogen-bond acceptors (Lipinski definition) is 7.